The van der Waals surface area contributed by atoms with Gasteiger partial charge < -0.3 is 107 Å². The fraction of sp³-hybridized carbons (Fsp3) is 0.562. The average Bonchev–Trinajstić information content (AvgIpc) is 0.669. The molecular formula is C73H99N9O24. The molecule has 0 radical (unpaired) electrons. The Kier molecular flexibility index (Phi) is 30.3. The van der Waals surface area contributed by atoms with Gasteiger partial charge in [0.1, 0.15) is 42.0 Å². The molecule has 3 aromatic carbocycles. The molecular weight excluding hydrogens is 1390 g/mol. The Labute approximate surface area is 613 Å². The molecule has 106 heavy (non-hydrogen) atoms. The lowest BCUT2D eigenvalue weighted by atomic mass is 9.45. The van der Waals surface area contributed by atoms with E-state index in [1.165, 1.54) is 46.8 Å². The van der Waals surface area contributed by atoms with Crippen LogP contribution in [0.2, 0.25) is 0 Å². The normalized spacial score (nSPS) is 24.4. The van der Waals surface area contributed by atoms with Gasteiger partial charge in [0.15, 0.2) is 17.5 Å². The van der Waals surface area contributed by atoms with Crippen LogP contribution in [0.25, 0.3) is 0 Å². The molecule has 580 valence electrons. The van der Waals surface area contributed by atoms with Gasteiger partial charge in [-0.15, -0.1) is 0 Å². The van der Waals surface area contributed by atoms with Crippen LogP contribution in [0.15, 0.2) is 102 Å². The monoisotopic (exact) mass is 1490 g/mol. The fourth-order valence-electron chi connectivity index (χ4n) is 13.8. The van der Waals surface area contributed by atoms with Gasteiger partial charge in [-0.2, -0.15) is 0 Å². The van der Waals surface area contributed by atoms with E-state index in [2.05, 4.69) is 31.9 Å². The highest BCUT2D eigenvalue weighted by molar-refractivity contribution is 6.02. The lowest BCUT2D eigenvalue weighted by Gasteiger charge is -2.67. The average molecular weight is 1490 g/mol. The van der Waals surface area contributed by atoms with E-state index in [9.17, 15) is 68.1 Å². The number of ketones is 1. The van der Waals surface area contributed by atoms with E-state index in [-0.39, 0.29) is 108 Å². The molecule has 1 heterocycles. The predicted octanol–water partition coefficient (Wildman–Crippen LogP) is 0.0291. The Morgan fingerprint density at radius 2 is 1.26 bits per heavy atom. The number of Topliss-reactive ketones (excluding diaryl/α,β-unsaturated/α-hetero) is 1. The van der Waals surface area contributed by atoms with Gasteiger partial charge in [0.25, 0.3) is 5.91 Å². The summed E-state index contributed by atoms with van der Waals surface area (Å²) in [6, 6.07) is 17.8. The lowest BCUT2D eigenvalue weighted by molar-refractivity contribution is -0.345. The van der Waals surface area contributed by atoms with Crippen LogP contribution in [0.4, 0.5) is 4.79 Å². The number of fused-ring (bicyclic) bond motifs is 5. The van der Waals surface area contributed by atoms with Crippen molar-refractivity contribution in [2.24, 2.45) is 39.9 Å². The number of nitrogens with one attached hydrogen (secondary N) is 6. The summed E-state index contributed by atoms with van der Waals surface area (Å²) in [5, 5.41) is 53.7. The molecule has 5 unspecified atom stereocenters. The van der Waals surface area contributed by atoms with Crippen molar-refractivity contribution in [3.8, 4) is 0 Å². The first kappa shape index (κ1) is 83.9. The molecule has 15 N–H and O–H groups in total. The number of amides is 8. The Bertz CT molecular complexity index is 3630. The number of nitrogens with two attached hydrogens (primary N) is 3. The second-order valence-corrected chi connectivity index (χ2v) is 27.4. The topological polar surface area (TPSA) is 499 Å². The minimum Gasteiger partial charge on any atom is -0.460 e. The third kappa shape index (κ3) is 20.8. The first-order valence-electron chi connectivity index (χ1n) is 35.1. The second kappa shape index (κ2) is 38.3. The maximum absolute atomic E-state index is 16.1. The quantitative estimate of drug-likeness (QED) is 0.0204. The van der Waals surface area contributed by atoms with E-state index in [1.54, 1.807) is 85.8 Å². The maximum atomic E-state index is 16.1. The molecule has 0 spiro atoms. The van der Waals surface area contributed by atoms with Crippen LogP contribution < -0.4 is 49.1 Å². The van der Waals surface area contributed by atoms with Gasteiger partial charge in [-0.25, -0.2) is 14.4 Å². The minimum absolute atomic E-state index is 0.0135. The predicted molar refractivity (Wildman–Crippen MR) is 373 cm³/mol. The number of rotatable bonds is 39. The smallest absolute Gasteiger partial charge is 0.412 e. The van der Waals surface area contributed by atoms with Gasteiger partial charge >= 0.3 is 24.0 Å². The molecule has 1 aliphatic heterocycles. The number of unbranched alkanes of at least 4 members (excludes halogenated alkanes) is 1. The zero-order chi connectivity index (χ0) is 77.7. The molecule has 3 fully saturated rings. The van der Waals surface area contributed by atoms with Crippen LogP contribution >= 0.6 is 0 Å². The van der Waals surface area contributed by atoms with Gasteiger partial charge in [-0.3, -0.25) is 43.2 Å². The molecule has 3 aromatic rings. The number of hydrogen-bond donors (Lipinski definition) is 12. The number of carbonyl (C=O) groups is 12. The number of hydrogen-bond acceptors (Lipinski definition) is 25. The zero-order valence-corrected chi connectivity index (χ0v) is 60.5. The van der Waals surface area contributed by atoms with Crippen LogP contribution in [0.3, 0.4) is 0 Å². The summed E-state index contributed by atoms with van der Waals surface area (Å²) in [4.78, 5) is 161. The summed E-state index contributed by atoms with van der Waals surface area (Å²) in [5.74, 6) is -12.8. The van der Waals surface area contributed by atoms with E-state index in [0.717, 1.165) is 6.92 Å². The maximum Gasteiger partial charge on any atom is 0.412 e. The molecule has 2 saturated carbocycles. The highest BCUT2D eigenvalue weighted by Crippen LogP contribution is 2.65. The number of primary amides is 2. The summed E-state index contributed by atoms with van der Waals surface area (Å²) in [7, 11) is 0. The lowest BCUT2D eigenvalue weighted by Crippen LogP contribution is -2.81. The second-order valence-electron chi connectivity index (χ2n) is 27.4. The van der Waals surface area contributed by atoms with Gasteiger partial charge in [-0.05, 0) is 75.4 Å². The molecule has 7 rings (SSSR count). The third-order valence-electron chi connectivity index (χ3n) is 19.6. The Morgan fingerprint density at radius 3 is 1.83 bits per heavy atom. The van der Waals surface area contributed by atoms with E-state index >= 15 is 4.79 Å². The van der Waals surface area contributed by atoms with Crippen molar-refractivity contribution < 1.29 is 115 Å². The molecule has 3 aliphatic carbocycles. The van der Waals surface area contributed by atoms with Crippen molar-refractivity contribution in [2.75, 3.05) is 72.6 Å². The van der Waals surface area contributed by atoms with E-state index in [1.807, 2.05) is 0 Å². The largest absolute Gasteiger partial charge is 0.460 e. The summed E-state index contributed by atoms with van der Waals surface area (Å²) >= 11 is 0. The Hall–Kier alpha value is -9.32. The molecule has 33 nitrogen and oxygen atoms in total. The van der Waals surface area contributed by atoms with Gasteiger partial charge in [0, 0.05) is 56.2 Å². The highest BCUT2D eigenvalue weighted by Gasteiger charge is 2.78. The van der Waals surface area contributed by atoms with Crippen molar-refractivity contribution in [3.05, 3.63) is 119 Å². The summed E-state index contributed by atoms with van der Waals surface area (Å²) in [5.41, 5.74) is 8.27. The van der Waals surface area contributed by atoms with E-state index in [0.29, 0.717) is 18.4 Å². The number of ether oxygens (including phenoxy) is 9. The van der Waals surface area contributed by atoms with E-state index < -0.39 is 185 Å². The fourth-order valence-corrected chi connectivity index (χ4v) is 13.8. The molecule has 1 saturated heterocycles. The molecule has 0 aromatic heterocycles. The third-order valence-corrected chi connectivity index (χ3v) is 19.6. The molecule has 15 atom stereocenters. The minimum atomic E-state index is -2.52. The van der Waals surface area contributed by atoms with Crippen LogP contribution in [0.1, 0.15) is 126 Å². The number of carbonyl (C=O) groups excluding carboxylic acids is 12. The van der Waals surface area contributed by atoms with E-state index in [4.69, 9.17) is 59.8 Å². The Balaban J connectivity index is 0.916. The first-order chi connectivity index (χ1) is 50.3. The van der Waals surface area contributed by atoms with Crippen LogP contribution in [0, 0.1) is 22.7 Å². The summed E-state index contributed by atoms with van der Waals surface area (Å²) < 4.78 is 53.3. The molecule has 4 aliphatic rings. The standard InChI is InChI=1S/C73H99N9O24/c1-41-50(103-68(95)57(87)56(45-19-11-8-12-20-45)82-65(92)46-21-13-9-14-22-46)39-73(97)61(105-67(94)47-23-15-10-16-24-47)59-71(7,51(84)38-52-72(59,40-102-52)106-44(4)83)60(88)58(55(41)70(73,5)6)104-69(96)78-28-30-99-32-34-101-36-35-100-33-31-98-29-26-54(86)77-27-18-17-25-48(62(76)89)80-66(93)49(37-53(75)85)81-64(91)43(3)79-63(90)42(2)74/h8-16,19-24,41-43,48-52,56-57,59,61,84,87,97H,17-18,25-40,74H2,1-7H3,(H2,75,85)(H2,76,89)(H,77,86)(H,78,96)(H,79,90)(H,80,93)(H,81,91)(H,82,92)/t41?,42?,43?,48?,49?,50-,51-,52+,56-,57+,59-,61-,71+,72-,73+/m0/s1. The van der Waals surface area contributed by atoms with Crippen molar-refractivity contribution in [1.29, 1.82) is 0 Å². The number of allylic oxidation sites excluding steroid dienone is 1. The molecule has 2 bridgehead atoms. The molecule has 8 amide bonds. The number of aliphatic hydroxyl groups excluding tert-OH is 2. The van der Waals surface area contributed by atoms with Crippen molar-refractivity contribution in [3.63, 3.8) is 0 Å². The van der Waals surface area contributed by atoms with Gasteiger partial charge in [0.05, 0.1) is 101 Å². The summed E-state index contributed by atoms with van der Waals surface area (Å²) in [6.45, 7) is 10.3. The molecule has 33 heteroatoms. The van der Waals surface area contributed by atoms with Gasteiger partial charge in [-0.1, -0.05) is 87.5 Å². The first-order valence-corrected chi connectivity index (χ1v) is 35.1. The number of alkyl carbamates (subject to hydrolysis) is 1. The number of aliphatic hydroxyl groups is 3. The van der Waals surface area contributed by atoms with Crippen molar-refractivity contribution in [2.45, 2.75) is 165 Å². The number of esters is 3. The van der Waals surface area contributed by atoms with Gasteiger partial charge in [0.2, 0.25) is 41.2 Å². The SMILES string of the molecule is CC(=O)O[C@@]12CO[C@@H]1C[C@H](O)[C@@]1(C)C(=O)C(OC(=O)NCCOCCOCCOCCOCCC(=O)NCCCCC(NC(=O)C(CC(N)=O)NC(=O)C(C)NC(=O)C(C)N)C(N)=O)=C3C(C)[C@@H](OC(=O)[C@H](O)[C@@H](NC(=O)c4ccccc4)c4ccccc4)C[C@@](O)([C@@H](OC(=O)c4ccccc4)[C@H]21)C3(C)C. The zero-order valence-electron chi connectivity index (χ0n) is 60.5. The van der Waals surface area contributed by atoms with Crippen LogP contribution in [-0.4, -0.2) is 225 Å². The van der Waals surface area contributed by atoms with Crippen LogP contribution in [0.5, 0.6) is 0 Å². The van der Waals surface area contributed by atoms with Crippen molar-refractivity contribution >= 4 is 71.1 Å². The Morgan fingerprint density at radius 1 is 0.689 bits per heavy atom. The summed E-state index contributed by atoms with van der Waals surface area (Å²) in [6.07, 6.45) is -10.3. The van der Waals surface area contributed by atoms with Crippen LogP contribution in [-0.2, 0) is 85.8 Å². The number of benzene rings is 3. The highest BCUT2D eigenvalue weighted by atomic mass is 16.6. The van der Waals surface area contributed by atoms with Crippen molar-refractivity contribution in [1.82, 2.24) is 31.9 Å².